The Bertz CT molecular complexity index is 439. The number of aliphatic hydroxyl groups excluding tert-OH is 1. The zero-order valence-electron chi connectivity index (χ0n) is 10.6. The van der Waals surface area contributed by atoms with Crippen LogP contribution in [0, 0.1) is 6.92 Å². The Morgan fingerprint density at radius 1 is 1.33 bits per heavy atom. The number of hydrogen-bond donors (Lipinski definition) is 3. The van der Waals surface area contributed by atoms with E-state index in [1.54, 1.807) is 0 Å². The van der Waals surface area contributed by atoms with Gasteiger partial charge in [-0.3, -0.25) is 0 Å². The summed E-state index contributed by atoms with van der Waals surface area (Å²) >= 11 is 4.97. The van der Waals surface area contributed by atoms with Gasteiger partial charge in [0, 0.05) is 17.3 Å². The van der Waals surface area contributed by atoms with Gasteiger partial charge in [-0.15, -0.1) is 0 Å². The zero-order chi connectivity index (χ0) is 13.1. The summed E-state index contributed by atoms with van der Waals surface area (Å²) in [6.07, 6.45) is 3.72. The van der Waals surface area contributed by atoms with Crippen LogP contribution in [0.5, 0.6) is 0 Å². The molecule has 1 fully saturated rings. The lowest BCUT2D eigenvalue weighted by molar-refractivity contribution is 0.126. The maximum Gasteiger partial charge on any atom is 0.103 e. The van der Waals surface area contributed by atoms with Gasteiger partial charge in [-0.1, -0.05) is 12.2 Å². The molecule has 0 aromatic heterocycles. The van der Waals surface area contributed by atoms with Crippen molar-refractivity contribution in [3.8, 4) is 0 Å². The van der Waals surface area contributed by atoms with E-state index in [0.29, 0.717) is 11.0 Å². The van der Waals surface area contributed by atoms with E-state index in [1.165, 1.54) is 0 Å². The first-order chi connectivity index (χ1) is 8.56. The summed E-state index contributed by atoms with van der Waals surface area (Å²) in [6, 6.07) is 6.47. The fraction of sp³-hybridized carbons (Fsp3) is 0.500. The van der Waals surface area contributed by atoms with Gasteiger partial charge in [0.25, 0.3) is 0 Å². The third-order valence-corrected chi connectivity index (χ3v) is 3.80. The monoisotopic (exact) mass is 264 g/mol. The molecular weight excluding hydrogens is 244 g/mol. The average molecular weight is 264 g/mol. The van der Waals surface area contributed by atoms with E-state index >= 15 is 0 Å². The Balaban J connectivity index is 2.03. The van der Waals surface area contributed by atoms with Gasteiger partial charge in [-0.2, -0.15) is 0 Å². The van der Waals surface area contributed by atoms with Gasteiger partial charge in [-0.05, 0) is 56.4 Å². The first-order valence-corrected chi connectivity index (χ1v) is 6.82. The molecule has 18 heavy (non-hydrogen) atoms. The van der Waals surface area contributed by atoms with Crippen LogP contribution in [0.3, 0.4) is 0 Å². The van der Waals surface area contributed by atoms with Crippen LogP contribution in [-0.4, -0.2) is 22.2 Å². The van der Waals surface area contributed by atoms with Gasteiger partial charge in [-0.25, -0.2) is 0 Å². The molecule has 1 aliphatic rings. The molecule has 0 spiro atoms. The maximum atomic E-state index is 9.49. The molecule has 1 aromatic rings. The molecule has 0 radical (unpaired) electrons. The summed E-state index contributed by atoms with van der Waals surface area (Å²) < 4.78 is 0. The minimum atomic E-state index is -0.110. The molecule has 2 rings (SSSR count). The molecule has 0 heterocycles. The number of rotatable bonds is 3. The number of thiocarbonyl (C=S) groups is 1. The molecule has 3 nitrogen and oxygen atoms in total. The second-order valence-electron chi connectivity index (χ2n) is 5.04. The summed E-state index contributed by atoms with van der Waals surface area (Å²) in [6.45, 7) is 2.06. The van der Waals surface area contributed by atoms with Crippen molar-refractivity contribution in [3.05, 3.63) is 29.3 Å². The summed E-state index contributed by atoms with van der Waals surface area (Å²) in [7, 11) is 0. The van der Waals surface area contributed by atoms with Crippen LogP contribution >= 0.6 is 12.2 Å². The van der Waals surface area contributed by atoms with E-state index in [9.17, 15) is 5.11 Å². The molecule has 0 unspecified atom stereocenters. The van der Waals surface area contributed by atoms with Gasteiger partial charge in [0.05, 0.1) is 6.10 Å². The van der Waals surface area contributed by atoms with E-state index < -0.39 is 0 Å². The van der Waals surface area contributed by atoms with Gasteiger partial charge in [0.1, 0.15) is 4.99 Å². The predicted octanol–water partition coefficient (Wildman–Crippen LogP) is 2.34. The highest BCUT2D eigenvalue weighted by atomic mass is 32.1. The molecule has 1 aliphatic carbocycles. The lowest BCUT2D eigenvalue weighted by Crippen LogP contribution is -2.28. The van der Waals surface area contributed by atoms with E-state index in [1.807, 2.05) is 18.2 Å². The molecular formula is C14H20N2OS. The van der Waals surface area contributed by atoms with E-state index in [0.717, 1.165) is 42.5 Å². The predicted molar refractivity (Wildman–Crippen MR) is 79.0 cm³/mol. The summed E-state index contributed by atoms with van der Waals surface area (Å²) in [5.74, 6) is 0. The van der Waals surface area contributed by atoms with E-state index in [4.69, 9.17) is 18.0 Å². The SMILES string of the molecule is Cc1cc(C(N)=S)ccc1NC1CCC(O)CC1. The molecule has 0 amide bonds. The van der Waals surface area contributed by atoms with Crippen molar-refractivity contribution in [2.75, 3.05) is 5.32 Å². The second kappa shape index (κ2) is 5.67. The van der Waals surface area contributed by atoms with E-state index in [2.05, 4.69) is 12.2 Å². The molecule has 98 valence electrons. The first-order valence-electron chi connectivity index (χ1n) is 6.41. The highest BCUT2D eigenvalue weighted by Crippen LogP contribution is 2.24. The Morgan fingerprint density at radius 3 is 2.56 bits per heavy atom. The van der Waals surface area contributed by atoms with Gasteiger partial charge >= 0.3 is 0 Å². The Labute approximate surface area is 113 Å². The molecule has 4 N–H and O–H groups in total. The second-order valence-corrected chi connectivity index (χ2v) is 5.48. The summed E-state index contributed by atoms with van der Waals surface area (Å²) in [4.78, 5) is 0.436. The van der Waals surface area contributed by atoms with Crippen LogP contribution in [0.4, 0.5) is 5.69 Å². The molecule has 1 saturated carbocycles. The van der Waals surface area contributed by atoms with E-state index in [-0.39, 0.29) is 6.10 Å². The molecule has 1 aromatic carbocycles. The number of nitrogens with two attached hydrogens (primary N) is 1. The number of nitrogens with one attached hydrogen (secondary N) is 1. The summed E-state index contributed by atoms with van der Waals surface area (Å²) in [5, 5.41) is 13.0. The van der Waals surface area contributed by atoms with Crippen LogP contribution in [0.2, 0.25) is 0 Å². The highest BCUT2D eigenvalue weighted by Gasteiger charge is 2.19. The quantitative estimate of drug-likeness (QED) is 0.734. The van der Waals surface area contributed by atoms with Crippen molar-refractivity contribution in [1.82, 2.24) is 0 Å². The molecule has 0 saturated heterocycles. The van der Waals surface area contributed by atoms with Gasteiger partial charge < -0.3 is 16.2 Å². The number of benzene rings is 1. The Kier molecular flexibility index (Phi) is 4.19. The van der Waals surface area contributed by atoms with Gasteiger partial charge in [0.2, 0.25) is 0 Å². The third-order valence-electron chi connectivity index (χ3n) is 3.57. The fourth-order valence-corrected chi connectivity index (χ4v) is 2.55. The van der Waals surface area contributed by atoms with Crippen LogP contribution in [-0.2, 0) is 0 Å². The van der Waals surface area contributed by atoms with Crippen molar-refractivity contribution in [3.63, 3.8) is 0 Å². The first kappa shape index (κ1) is 13.3. The topological polar surface area (TPSA) is 58.3 Å². The van der Waals surface area contributed by atoms with Crippen molar-refractivity contribution < 1.29 is 5.11 Å². The number of anilines is 1. The minimum Gasteiger partial charge on any atom is -0.393 e. The average Bonchev–Trinajstić information content (AvgIpc) is 2.34. The number of hydrogen-bond acceptors (Lipinski definition) is 3. The zero-order valence-corrected chi connectivity index (χ0v) is 11.5. The van der Waals surface area contributed by atoms with Crippen molar-refractivity contribution in [2.24, 2.45) is 5.73 Å². The lowest BCUT2D eigenvalue weighted by Gasteiger charge is -2.27. The highest BCUT2D eigenvalue weighted by molar-refractivity contribution is 7.80. The van der Waals surface area contributed by atoms with Crippen LogP contribution in [0.15, 0.2) is 18.2 Å². The largest absolute Gasteiger partial charge is 0.393 e. The smallest absolute Gasteiger partial charge is 0.103 e. The van der Waals surface area contributed by atoms with Crippen molar-refractivity contribution >= 4 is 22.9 Å². The summed E-state index contributed by atoms with van der Waals surface area (Å²) in [5.41, 5.74) is 8.82. The molecule has 0 bridgehead atoms. The minimum absolute atomic E-state index is 0.110. The maximum absolute atomic E-state index is 9.49. The van der Waals surface area contributed by atoms with Crippen LogP contribution in [0.1, 0.15) is 36.8 Å². The van der Waals surface area contributed by atoms with Gasteiger partial charge in [0.15, 0.2) is 0 Å². The molecule has 4 heteroatoms. The Morgan fingerprint density at radius 2 is 2.00 bits per heavy atom. The fourth-order valence-electron chi connectivity index (χ4n) is 2.42. The van der Waals surface area contributed by atoms with Crippen molar-refractivity contribution in [1.29, 1.82) is 0 Å². The third kappa shape index (κ3) is 3.21. The molecule has 0 aliphatic heterocycles. The number of aryl methyl sites for hydroxylation is 1. The van der Waals surface area contributed by atoms with Crippen LogP contribution < -0.4 is 11.1 Å². The Hall–Kier alpha value is -1.13. The standard InChI is InChI=1S/C14H20N2OS/c1-9-8-10(14(15)18)2-7-13(9)16-11-3-5-12(17)6-4-11/h2,7-8,11-12,16-17H,3-6H2,1H3,(H2,15,18). The van der Waals surface area contributed by atoms with Crippen LogP contribution in [0.25, 0.3) is 0 Å². The molecule has 0 atom stereocenters. The number of aliphatic hydroxyl groups is 1. The van der Waals surface area contributed by atoms with Crippen molar-refractivity contribution in [2.45, 2.75) is 44.8 Å². The normalized spacial score (nSPS) is 23.7. The lowest BCUT2D eigenvalue weighted by atomic mass is 9.92.